The average Bonchev–Trinajstić information content (AvgIpc) is 2.75. The summed E-state index contributed by atoms with van der Waals surface area (Å²) < 4.78 is 19.0. The van der Waals surface area contributed by atoms with Crippen LogP contribution in [-0.2, 0) is 6.42 Å². The number of nitrogens with zero attached hydrogens (tertiary/aromatic N) is 1. The van der Waals surface area contributed by atoms with Crippen molar-refractivity contribution in [2.75, 3.05) is 7.11 Å². The Morgan fingerprint density at radius 1 is 1.50 bits per heavy atom. The molecule has 0 bridgehead atoms. The molecule has 0 radical (unpaired) electrons. The smallest absolute Gasteiger partial charge is 0.169 e. The highest BCUT2D eigenvalue weighted by Gasteiger charge is 2.16. The number of ether oxygens (including phenoxy) is 1. The Morgan fingerprint density at radius 2 is 2.28 bits per heavy atom. The molecule has 1 unspecified atom stereocenters. The molecule has 96 valence electrons. The van der Waals surface area contributed by atoms with Gasteiger partial charge in [-0.2, -0.15) is 0 Å². The zero-order valence-corrected chi connectivity index (χ0v) is 11.1. The molecule has 0 amide bonds. The Hall–Kier alpha value is -1.46. The van der Waals surface area contributed by atoms with Gasteiger partial charge in [-0.25, -0.2) is 9.37 Å². The normalized spacial score (nSPS) is 12.4. The third kappa shape index (κ3) is 2.68. The van der Waals surface area contributed by atoms with Crippen LogP contribution >= 0.6 is 11.3 Å². The molecule has 0 saturated heterocycles. The van der Waals surface area contributed by atoms with E-state index in [0.717, 1.165) is 10.7 Å². The van der Waals surface area contributed by atoms with E-state index in [4.69, 9.17) is 10.5 Å². The fourth-order valence-electron chi connectivity index (χ4n) is 1.77. The SMILES string of the molecule is COc1cccc(C(N)Cc2nc(C)cs2)c1F. The molecular formula is C13H15FN2OS. The number of rotatable bonds is 4. The van der Waals surface area contributed by atoms with Crippen LogP contribution in [0.1, 0.15) is 22.3 Å². The second kappa shape index (κ2) is 5.46. The number of nitrogens with two attached hydrogens (primary N) is 1. The van der Waals surface area contributed by atoms with E-state index in [2.05, 4.69) is 4.98 Å². The standard InChI is InChI=1S/C13H15FN2OS/c1-8-7-18-12(16-8)6-10(15)9-4-3-5-11(17-2)13(9)14/h3-5,7,10H,6,15H2,1-2H3. The van der Waals surface area contributed by atoms with Gasteiger partial charge in [-0.3, -0.25) is 0 Å². The van der Waals surface area contributed by atoms with Crippen LogP contribution in [0.2, 0.25) is 0 Å². The maximum atomic E-state index is 14.0. The van der Waals surface area contributed by atoms with E-state index in [9.17, 15) is 4.39 Å². The van der Waals surface area contributed by atoms with Crippen molar-refractivity contribution in [1.82, 2.24) is 4.98 Å². The first-order chi connectivity index (χ1) is 8.61. The van der Waals surface area contributed by atoms with E-state index in [1.54, 1.807) is 29.5 Å². The molecule has 1 aromatic carbocycles. The molecule has 0 spiro atoms. The van der Waals surface area contributed by atoms with E-state index in [-0.39, 0.29) is 11.6 Å². The number of thiazole rings is 1. The quantitative estimate of drug-likeness (QED) is 0.925. The summed E-state index contributed by atoms with van der Waals surface area (Å²) in [5.41, 5.74) is 7.46. The second-order valence-corrected chi connectivity index (χ2v) is 5.00. The van der Waals surface area contributed by atoms with Crippen molar-refractivity contribution in [2.24, 2.45) is 5.73 Å². The number of halogens is 1. The lowest BCUT2D eigenvalue weighted by Crippen LogP contribution is -2.15. The Labute approximate surface area is 109 Å². The van der Waals surface area contributed by atoms with Crippen LogP contribution in [0.25, 0.3) is 0 Å². The molecule has 1 heterocycles. The molecule has 0 saturated carbocycles. The molecule has 1 aromatic heterocycles. The first-order valence-electron chi connectivity index (χ1n) is 5.60. The van der Waals surface area contributed by atoms with Gasteiger partial charge in [0.25, 0.3) is 0 Å². The largest absolute Gasteiger partial charge is 0.494 e. The van der Waals surface area contributed by atoms with Gasteiger partial charge in [0.05, 0.1) is 12.1 Å². The molecule has 2 N–H and O–H groups in total. The van der Waals surface area contributed by atoms with Gasteiger partial charge in [0.1, 0.15) is 0 Å². The van der Waals surface area contributed by atoms with E-state index in [0.29, 0.717) is 12.0 Å². The van der Waals surface area contributed by atoms with Crippen LogP contribution in [-0.4, -0.2) is 12.1 Å². The number of aromatic nitrogens is 1. The Morgan fingerprint density at radius 3 is 2.89 bits per heavy atom. The van der Waals surface area contributed by atoms with Crippen molar-refractivity contribution < 1.29 is 9.13 Å². The first kappa shape index (κ1) is 13.0. The Bertz CT molecular complexity index is 542. The van der Waals surface area contributed by atoms with Crippen molar-refractivity contribution >= 4 is 11.3 Å². The molecule has 2 rings (SSSR count). The number of hydrogen-bond donors (Lipinski definition) is 1. The molecule has 3 nitrogen and oxygen atoms in total. The molecule has 2 aromatic rings. The summed E-state index contributed by atoms with van der Waals surface area (Å²) in [4.78, 5) is 4.33. The summed E-state index contributed by atoms with van der Waals surface area (Å²) >= 11 is 1.54. The van der Waals surface area contributed by atoms with Gasteiger partial charge < -0.3 is 10.5 Å². The Kier molecular flexibility index (Phi) is 3.93. The predicted octanol–water partition coefficient (Wildman–Crippen LogP) is 2.84. The second-order valence-electron chi connectivity index (χ2n) is 4.06. The lowest BCUT2D eigenvalue weighted by Gasteiger charge is -2.13. The van der Waals surface area contributed by atoms with Crippen molar-refractivity contribution in [2.45, 2.75) is 19.4 Å². The van der Waals surface area contributed by atoms with E-state index >= 15 is 0 Å². The molecule has 1 atom stereocenters. The van der Waals surface area contributed by atoms with Crippen molar-refractivity contribution in [3.63, 3.8) is 0 Å². The molecule has 18 heavy (non-hydrogen) atoms. The summed E-state index contributed by atoms with van der Waals surface area (Å²) in [6, 6.07) is 4.59. The van der Waals surface area contributed by atoms with Crippen molar-refractivity contribution in [1.29, 1.82) is 0 Å². The summed E-state index contributed by atoms with van der Waals surface area (Å²) in [6.45, 7) is 1.93. The number of benzene rings is 1. The van der Waals surface area contributed by atoms with E-state index < -0.39 is 6.04 Å². The average molecular weight is 266 g/mol. The van der Waals surface area contributed by atoms with Gasteiger partial charge in [-0.15, -0.1) is 11.3 Å². The Balaban J connectivity index is 2.21. The maximum Gasteiger partial charge on any atom is 0.169 e. The van der Waals surface area contributed by atoms with Gasteiger partial charge in [-0.1, -0.05) is 12.1 Å². The van der Waals surface area contributed by atoms with Crippen LogP contribution in [0.5, 0.6) is 5.75 Å². The third-order valence-corrected chi connectivity index (χ3v) is 3.66. The highest BCUT2D eigenvalue weighted by Crippen LogP contribution is 2.26. The highest BCUT2D eigenvalue weighted by atomic mass is 32.1. The van der Waals surface area contributed by atoms with Crippen molar-refractivity contribution in [3.8, 4) is 5.75 Å². The van der Waals surface area contributed by atoms with Gasteiger partial charge in [0.15, 0.2) is 11.6 Å². The van der Waals surface area contributed by atoms with Gasteiger partial charge in [-0.05, 0) is 13.0 Å². The van der Waals surface area contributed by atoms with Crippen molar-refractivity contribution in [3.05, 3.63) is 45.7 Å². The molecule has 0 aliphatic carbocycles. The summed E-state index contributed by atoms with van der Waals surface area (Å²) in [6.07, 6.45) is 0.530. The topological polar surface area (TPSA) is 48.1 Å². The molecule has 0 aliphatic rings. The molecular weight excluding hydrogens is 251 g/mol. The van der Waals surface area contributed by atoms with E-state index in [1.807, 2.05) is 12.3 Å². The summed E-state index contributed by atoms with van der Waals surface area (Å²) in [7, 11) is 1.44. The third-order valence-electron chi connectivity index (χ3n) is 2.67. The lowest BCUT2D eigenvalue weighted by molar-refractivity contribution is 0.382. The number of aryl methyl sites for hydroxylation is 1. The molecule has 5 heteroatoms. The maximum absolute atomic E-state index is 14.0. The minimum Gasteiger partial charge on any atom is -0.494 e. The van der Waals surface area contributed by atoms with Crippen LogP contribution in [0.3, 0.4) is 0 Å². The number of hydrogen-bond acceptors (Lipinski definition) is 4. The number of methoxy groups -OCH3 is 1. The van der Waals surface area contributed by atoms with Crippen LogP contribution in [0.4, 0.5) is 4.39 Å². The van der Waals surface area contributed by atoms with Gasteiger partial charge in [0.2, 0.25) is 0 Å². The zero-order valence-electron chi connectivity index (χ0n) is 10.3. The van der Waals surface area contributed by atoms with Crippen LogP contribution in [0.15, 0.2) is 23.6 Å². The first-order valence-corrected chi connectivity index (χ1v) is 6.48. The monoisotopic (exact) mass is 266 g/mol. The van der Waals surface area contributed by atoms with Gasteiger partial charge in [0, 0.05) is 29.1 Å². The van der Waals surface area contributed by atoms with E-state index in [1.165, 1.54) is 7.11 Å². The minimum atomic E-state index is -0.411. The van der Waals surface area contributed by atoms with Crippen LogP contribution < -0.4 is 10.5 Å². The zero-order chi connectivity index (χ0) is 13.1. The fourth-order valence-corrected chi connectivity index (χ4v) is 2.60. The fraction of sp³-hybridized carbons (Fsp3) is 0.308. The van der Waals surface area contributed by atoms with Crippen LogP contribution in [0, 0.1) is 12.7 Å². The van der Waals surface area contributed by atoms with Gasteiger partial charge >= 0.3 is 0 Å². The predicted molar refractivity (Wildman–Crippen MR) is 70.4 cm³/mol. The minimum absolute atomic E-state index is 0.221. The lowest BCUT2D eigenvalue weighted by atomic mass is 10.0. The molecule has 0 fully saturated rings. The summed E-state index contributed by atoms with van der Waals surface area (Å²) in [5, 5.41) is 2.88. The molecule has 0 aliphatic heterocycles. The summed E-state index contributed by atoms with van der Waals surface area (Å²) in [5.74, 6) is -0.168. The highest BCUT2D eigenvalue weighted by molar-refractivity contribution is 7.09.